The van der Waals surface area contributed by atoms with E-state index in [1.165, 1.54) is 18.4 Å². The third-order valence-corrected chi connectivity index (χ3v) is 3.50. The fraction of sp³-hybridized carbons (Fsp3) is 0.267. The van der Waals surface area contributed by atoms with E-state index in [-0.39, 0.29) is 17.8 Å². The molecule has 98 valence electrons. The molecule has 0 radical (unpaired) electrons. The van der Waals surface area contributed by atoms with Crippen LogP contribution >= 0.6 is 0 Å². The average Bonchev–Trinajstić information content (AvgIpc) is 3.10. The molecule has 1 aromatic heterocycles. The van der Waals surface area contributed by atoms with Crippen LogP contribution in [0.25, 0.3) is 0 Å². The van der Waals surface area contributed by atoms with Gasteiger partial charge in [-0.2, -0.15) is 0 Å². The van der Waals surface area contributed by atoms with Gasteiger partial charge in [0.05, 0.1) is 12.3 Å². The number of carbonyl (C=O) groups excluding carboxylic acids is 1. The lowest BCUT2D eigenvalue weighted by Gasteiger charge is -2.24. The van der Waals surface area contributed by atoms with Gasteiger partial charge in [0.15, 0.2) is 5.76 Å². The molecule has 1 unspecified atom stereocenters. The van der Waals surface area contributed by atoms with E-state index in [0.29, 0.717) is 12.3 Å². The van der Waals surface area contributed by atoms with Crippen molar-refractivity contribution in [2.75, 3.05) is 6.54 Å². The molecule has 1 aromatic carbocycles. The molecule has 0 N–H and O–H groups in total. The molecule has 1 aliphatic heterocycles. The van der Waals surface area contributed by atoms with Gasteiger partial charge in [-0.25, -0.2) is 4.39 Å². The number of rotatable bonds is 2. The van der Waals surface area contributed by atoms with Gasteiger partial charge in [-0.15, -0.1) is 0 Å². The molecule has 3 rings (SSSR count). The summed E-state index contributed by atoms with van der Waals surface area (Å²) in [5, 5.41) is 0. The van der Waals surface area contributed by atoms with Crippen LogP contribution < -0.4 is 0 Å². The quantitative estimate of drug-likeness (QED) is 0.828. The van der Waals surface area contributed by atoms with Gasteiger partial charge in [-0.3, -0.25) is 4.79 Å². The maximum atomic E-state index is 13.0. The molecule has 1 aliphatic rings. The van der Waals surface area contributed by atoms with Crippen LogP contribution in [0.15, 0.2) is 47.1 Å². The smallest absolute Gasteiger partial charge is 0.290 e. The maximum absolute atomic E-state index is 13.0. The topological polar surface area (TPSA) is 33.5 Å². The van der Waals surface area contributed by atoms with Gasteiger partial charge in [0.2, 0.25) is 0 Å². The molecule has 0 spiro atoms. The maximum Gasteiger partial charge on any atom is 0.290 e. The SMILES string of the molecule is O=C(c1ccco1)N1CCCC1c1ccc(F)cc1. The van der Waals surface area contributed by atoms with Gasteiger partial charge in [0.1, 0.15) is 5.82 Å². The van der Waals surface area contributed by atoms with E-state index < -0.39 is 0 Å². The fourth-order valence-electron chi connectivity index (χ4n) is 2.58. The Bertz CT molecular complexity index is 562. The summed E-state index contributed by atoms with van der Waals surface area (Å²) in [5.41, 5.74) is 0.971. The predicted octanol–water partition coefficient (Wildman–Crippen LogP) is 3.40. The highest BCUT2D eigenvalue weighted by Gasteiger charge is 2.31. The van der Waals surface area contributed by atoms with Crippen molar-refractivity contribution in [2.45, 2.75) is 18.9 Å². The van der Waals surface area contributed by atoms with Gasteiger partial charge < -0.3 is 9.32 Å². The Hall–Kier alpha value is -2.10. The predicted molar refractivity (Wildman–Crippen MR) is 68.1 cm³/mol. The standard InChI is InChI=1S/C15H14FNO2/c16-12-7-5-11(6-8-12)13-3-1-9-17(13)15(18)14-4-2-10-19-14/h2,4-8,10,13H,1,3,9H2. The zero-order valence-corrected chi connectivity index (χ0v) is 10.4. The summed E-state index contributed by atoms with van der Waals surface area (Å²) in [5.74, 6) is -0.00325. The number of amides is 1. The van der Waals surface area contributed by atoms with Gasteiger partial charge in [0, 0.05) is 6.54 Å². The van der Waals surface area contributed by atoms with Crippen molar-refractivity contribution in [3.8, 4) is 0 Å². The fourth-order valence-corrected chi connectivity index (χ4v) is 2.58. The first-order valence-electron chi connectivity index (χ1n) is 6.35. The Labute approximate surface area is 110 Å². The second-order valence-corrected chi connectivity index (χ2v) is 4.69. The molecule has 1 fully saturated rings. The lowest BCUT2D eigenvalue weighted by Crippen LogP contribution is -2.30. The third kappa shape index (κ3) is 2.26. The highest BCUT2D eigenvalue weighted by molar-refractivity contribution is 5.91. The zero-order chi connectivity index (χ0) is 13.2. The van der Waals surface area contributed by atoms with Crippen LogP contribution in [0.2, 0.25) is 0 Å². The summed E-state index contributed by atoms with van der Waals surface area (Å²) in [6.07, 6.45) is 3.35. The van der Waals surface area contributed by atoms with Crippen molar-refractivity contribution in [3.05, 3.63) is 59.8 Å². The summed E-state index contributed by atoms with van der Waals surface area (Å²) in [6, 6.07) is 9.74. The molecule has 0 bridgehead atoms. The summed E-state index contributed by atoms with van der Waals surface area (Å²) in [4.78, 5) is 14.1. The second-order valence-electron chi connectivity index (χ2n) is 4.69. The number of hydrogen-bond donors (Lipinski definition) is 0. The van der Waals surface area contributed by atoms with E-state index >= 15 is 0 Å². The number of nitrogens with zero attached hydrogens (tertiary/aromatic N) is 1. The van der Waals surface area contributed by atoms with Crippen LogP contribution in [-0.2, 0) is 0 Å². The lowest BCUT2D eigenvalue weighted by molar-refractivity contribution is 0.0703. The number of halogens is 1. The minimum Gasteiger partial charge on any atom is -0.459 e. The minimum absolute atomic E-state index is 0.0122. The number of likely N-dealkylation sites (tertiary alicyclic amines) is 1. The number of furan rings is 1. The summed E-state index contributed by atoms with van der Waals surface area (Å²) < 4.78 is 18.1. The first kappa shape index (κ1) is 12.0. The van der Waals surface area contributed by atoms with Crippen molar-refractivity contribution in [3.63, 3.8) is 0 Å². The van der Waals surface area contributed by atoms with Crippen molar-refractivity contribution < 1.29 is 13.6 Å². The van der Waals surface area contributed by atoms with Crippen LogP contribution in [0.5, 0.6) is 0 Å². The van der Waals surface area contributed by atoms with Crippen LogP contribution in [-0.4, -0.2) is 17.4 Å². The third-order valence-electron chi connectivity index (χ3n) is 3.50. The van der Waals surface area contributed by atoms with Crippen molar-refractivity contribution in [1.29, 1.82) is 0 Å². The monoisotopic (exact) mass is 259 g/mol. The first-order chi connectivity index (χ1) is 9.25. The molecule has 0 saturated carbocycles. The Morgan fingerprint density at radius 1 is 1.26 bits per heavy atom. The number of hydrogen-bond acceptors (Lipinski definition) is 2. The molecule has 0 aliphatic carbocycles. The molecule has 1 saturated heterocycles. The van der Waals surface area contributed by atoms with Gasteiger partial charge in [0.25, 0.3) is 5.91 Å². The lowest BCUT2D eigenvalue weighted by atomic mass is 10.0. The molecular formula is C15H14FNO2. The Morgan fingerprint density at radius 2 is 2.05 bits per heavy atom. The van der Waals surface area contributed by atoms with Crippen LogP contribution in [0.1, 0.15) is 35.0 Å². The van der Waals surface area contributed by atoms with E-state index in [2.05, 4.69) is 0 Å². The molecule has 19 heavy (non-hydrogen) atoms. The Kier molecular flexibility index (Phi) is 3.07. The zero-order valence-electron chi connectivity index (χ0n) is 10.4. The molecule has 1 amide bonds. The Morgan fingerprint density at radius 3 is 2.74 bits per heavy atom. The summed E-state index contributed by atoms with van der Waals surface area (Å²) in [6.45, 7) is 0.710. The molecule has 4 heteroatoms. The van der Waals surface area contributed by atoms with Crippen molar-refractivity contribution in [2.24, 2.45) is 0 Å². The second kappa shape index (κ2) is 4.88. The highest BCUT2D eigenvalue weighted by atomic mass is 19.1. The van der Waals surface area contributed by atoms with E-state index in [1.54, 1.807) is 29.2 Å². The highest BCUT2D eigenvalue weighted by Crippen LogP contribution is 2.33. The number of carbonyl (C=O) groups is 1. The normalized spacial score (nSPS) is 18.8. The van der Waals surface area contributed by atoms with E-state index in [9.17, 15) is 9.18 Å². The first-order valence-corrected chi connectivity index (χ1v) is 6.35. The van der Waals surface area contributed by atoms with Crippen LogP contribution in [0.4, 0.5) is 4.39 Å². The van der Waals surface area contributed by atoms with E-state index in [4.69, 9.17) is 4.42 Å². The van der Waals surface area contributed by atoms with Gasteiger partial charge >= 0.3 is 0 Å². The van der Waals surface area contributed by atoms with Gasteiger partial charge in [-0.1, -0.05) is 12.1 Å². The van der Waals surface area contributed by atoms with E-state index in [0.717, 1.165) is 18.4 Å². The summed E-state index contributed by atoms with van der Waals surface area (Å²) in [7, 11) is 0. The molecule has 1 atom stereocenters. The van der Waals surface area contributed by atoms with E-state index in [1.807, 2.05) is 0 Å². The summed E-state index contributed by atoms with van der Waals surface area (Å²) >= 11 is 0. The Balaban J connectivity index is 1.85. The van der Waals surface area contributed by atoms with Crippen molar-refractivity contribution in [1.82, 2.24) is 4.90 Å². The average molecular weight is 259 g/mol. The molecule has 3 nitrogen and oxygen atoms in total. The minimum atomic E-state index is -0.259. The van der Waals surface area contributed by atoms with Crippen LogP contribution in [0.3, 0.4) is 0 Å². The molecular weight excluding hydrogens is 245 g/mol. The largest absolute Gasteiger partial charge is 0.459 e. The van der Waals surface area contributed by atoms with Crippen molar-refractivity contribution >= 4 is 5.91 Å². The number of benzene rings is 1. The van der Waals surface area contributed by atoms with Gasteiger partial charge in [-0.05, 0) is 42.7 Å². The molecule has 2 heterocycles. The molecule has 2 aromatic rings. The van der Waals surface area contributed by atoms with Crippen LogP contribution in [0, 0.1) is 5.82 Å².